The van der Waals surface area contributed by atoms with Crippen LogP contribution < -0.4 is 16.0 Å². The van der Waals surface area contributed by atoms with Crippen molar-refractivity contribution in [3.05, 3.63) is 29.8 Å². The van der Waals surface area contributed by atoms with Crippen molar-refractivity contribution in [2.45, 2.75) is 38.6 Å². The second kappa shape index (κ2) is 10.5. The topological polar surface area (TPSA) is 61.6 Å². The van der Waals surface area contributed by atoms with Crippen molar-refractivity contribution in [1.29, 1.82) is 0 Å². The van der Waals surface area contributed by atoms with E-state index in [9.17, 15) is 4.79 Å². The summed E-state index contributed by atoms with van der Waals surface area (Å²) in [6, 6.07) is 8.68. The van der Waals surface area contributed by atoms with Crippen LogP contribution in [-0.4, -0.2) is 55.6 Å². The lowest BCUT2D eigenvalue weighted by atomic mass is 9.96. The number of nitrogens with two attached hydrogens (primary N) is 1. The molecule has 1 saturated carbocycles. The van der Waals surface area contributed by atoms with Crippen LogP contribution >= 0.6 is 24.8 Å². The first-order valence-corrected chi connectivity index (χ1v) is 9.55. The van der Waals surface area contributed by atoms with Gasteiger partial charge in [0.05, 0.1) is 5.54 Å². The summed E-state index contributed by atoms with van der Waals surface area (Å²) < 4.78 is 0. The highest BCUT2D eigenvalue weighted by Gasteiger charge is 2.41. The fraction of sp³-hybridized carbons (Fsp3) is 0.650. The van der Waals surface area contributed by atoms with E-state index in [4.69, 9.17) is 5.73 Å². The zero-order valence-electron chi connectivity index (χ0n) is 16.4. The first-order valence-electron chi connectivity index (χ1n) is 9.55. The Hall–Kier alpha value is -1.01. The molecule has 1 unspecified atom stereocenters. The number of hydrogen-bond acceptors (Lipinski definition) is 4. The van der Waals surface area contributed by atoms with Gasteiger partial charge in [0.2, 0.25) is 5.91 Å². The maximum atomic E-state index is 12.3. The minimum Gasteiger partial charge on any atom is -0.369 e. The highest BCUT2D eigenvalue weighted by atomic mass is 35.5. The normalized spacial score (nSPS) is 19.4. The number of piperazine rings is 1. The van der Waals surface area contributed by atoms with Crippen molar-refractivity contribution in [2.24, 2.45) is 11.7 Å². The molecule has 0 radical (unpaired) electrons. The Bertz CT molecular complexity index is 603. The van der Waals surface area contributed by atoms with E-state index in [-0.39, 0.29) is 36.3 Å². The third-order valence-corrected chi connectivity index (χ3v) is 5.72. The molecule has 154 valence electrons. The molecule has 1 aliphatic heterocycles. The Morgan fingerprint density at radius 1 is 1.22 bits per heavy atom. The van der Waals surface area contributed by atoms with Crippen LogP contribution in [0.1, 0.15) is 31.7 Å². The van der Waals surface area contributed by atoms with Gasteiger partial charge in [-0.1, -0.05) is 12.1 Å². The molecular formula is C20H34Cl2N4O. The molecule has 3 N–H and O–H groups in total. The molecule has 0 spiro atoms. The average molecular weight is 417 g/mol. The number of halogens is 2. The Morgan fingerprint density at radius 3 is 2.44 bits per heavy atom. The Labute approximate surface area is 175 Å². The fourth-order valence-corrected chi connectivity index (χ4v) is 3.74. The first kappa shape index (κ1) is 24.0. The summed E-state index contributed by atoms with van der Waals surface area (Å²) in [5, 5.41) is 3.18. The molecule has 27 heavy (non-hydrogen) atoms. The van der Waals surface area contributed by atoms with E-state index in [1.165, 1.54) is 24.1 Å². The number of benzene rings is 1. The summed E-state index contributed by atoms with van der Waals surface area (Å²) >= 11 is 0. The molecule has 1 aliphatic carbocycles. The number of carbonyl (C=O) groups excluding carboxylic acids is 1. The first-order chi connectivity index (χ1) is 12.0. The van der Waals surface area contributed by atoms with Gasteiger partial charge in [0, 0.05) is 51.4 Å². The maximum Gasteiger partial charge on any atom is 0.221 e. The minimum atomic E-state index is -0.207. The SMILES string of the molecule is Cc1cccc(N2CCN(CCC(=O)NC(C)(CN)C3CC3)CC2)c1.Cl.Cl. The second-order valence-corrected chi connectivity index (χ2v) is 7.86. The van der Waals surface area contributed by atoms with Crippen LogP contribution in [0, 0.1) is 12.8 Å². The molecule has 5 nitrogen and oxygen atoms in total. The van der Waals surface area contributed by atoms with Crippen LogP contribution in [0.2, 0.25) is 0 Å². The van der Waals surface area contributed by atoms with Crippen molar-refractivity contribution in [3.63, 3.8) is 0 Å². The quantitative estimate of drug-likeness (QED) is 0.716. The van der Waals surface area contributed by atoms with Crippen molar-refractivity contribution >= 4 is 36.4 Å². The van der Waals surface area contributed by atoms with Gasteiger partial charge in [0.25, 0.3) is 0 Å². The van der Waals surface area contributed by atoms with Crippen molar-refractivity contribution in [1.82, 2.24) is 10.2 Å². The van der Waals surface area contributed by atoms with Crippen molar-refractivity contribution in [2.75, 3.05) is 44.2 Å². The number of aryl methyl sites for hydroxylation is 1. The molecule has 7 heteroatoms. The molecular weight excluding hydrogens is 383 g/mol. The number of amides is 1. The predicted molar refractivity (Wildman–Crippen MR) is 117 cm³/mol. The smallest absolute Gasteiger partial charge is 0.221 e. The Balaban J connectivity index is 0.00000182. The van der Waals surface area contributed by atoms with E-state index >= 15 is 0 Å². The summed E-state index contributed by atoms with van der Waals surface area (Å²) in [6.07, 6.45) is 2.94. The van der Waals surface area contributed by atoms with Gasteiger partial charge in [0.15, 0.2) is 0 Å². The molecule has 1 saturated heterocycles. The van der Waals surface area contributed by atoms with Crippen LogP contribution in [0.4, 0.5) is 5.69 Å². The van der Waals surface area contributed by atoms with Gasteiger partial charge in [-0.15, -0.1) is 24.8 Å². The summed E-state index contributed by atoms with van der Waals surface area (Å²) in [7, 11) is 0. The number of nitrogens with zero attached hydrogens (tertiary/aromatic N) is 2. The van der Waals surface area contributed by atoms with Gasteiger partial charge in [0.1, 0.15) is 0 Å². The monoisotopic (exact) mass is 416 g/mol. The zero-order chi connectivity index (χ0) is 17.9. The summed E-state index contributed by atoms with van der Waals surface area (Å²) in [6.45, 7) is 9.65. The van der Waals surface area contributed by atoms with Gasteiger partial charge >= 0.3 is 0 Å². The highest BCUT2D eigenvalue weighted by Crippen LogP contribution is 2.38. The minimum absolute atomic E-state index is 0. The van der Waals surface area contributed by atoms with Crippen LogP contribution in [0.5, 0.6) is 0 Å². The number of nitrogens with one attached hydrogen (secondary N) is 1. The predicted octanol–water partition coefficient (Wildman–Crippen LogP) is 2.59. The number of carbonyl (C=O) groups is 1. The van der Waals surface area contributed by atoms with Gasteiger partial charge in [-0.05, 0) is 50.3 Å². The molecule has 0 bridgehead atoms. The van der Waals surface area contributed by atoms with Crippen molar-refractivity contribution in [3.8, 4) is 0 Å². The van der Waals surface area contributed by atoms with Crippen LogP contribution in [-0.2, 0) is 4.79 Å². The zero-order valence-corrected chi connectivity index (χ0v) is 18.1. The lowest BCUT2D eigenvalue weighted by molar-refractivity contribution is -0.123. The molecule has 3 rings (SSSR count). The lowest BCUT2D eigenvalue weighted by Crippen LogP contribution is -2.54. The van der Waals surface area contributed by atoms with Gasteiger partial charge in [-0.25, -0.2) is 0 Å². The molecule has 1 atom stereocenters. The molecule has 1 amide bonds. The Morgan fingerprint density at radius 2 is 1.89 bits per heavy atom. The number of rotatable bonds is 7. The molecule has 1 aromatic carbocycles. The molecule has 2 aliphatic rings. The molecule has 1 aromatic rings. The summed E-state index contributed by atoms with van der Waals surface area (Å²) in [4.78, 5) is 17.1. The maximum absolute atomic E-state index is 12.3. The van der Waals surface area contributed by atoms with Crippen molar-refractivity contribution < 1.29 is 4.79 Å². The van der Waals surface area contributed by atoms with Gasteiger partial charge in [-0.2, -0.15) is 0 Å². The third-order valence-electron chi connectivity index (χ3n) is 5.72. The summed E-state index contributed by atoms with van der Waals surface area (Å²) in [5.41, 5.74) is 8.29. The van der Waals surface area contributed by atoms with Gasteiger partial charge in [-0.3, -0.25) is 9.69 Å². The average Bonchev–Trinajstić information content (AvgIpc) is 3.46. The fourth-order valence-electron chi connectivity index (χ4n) is 3.74. The largest absolute Gasteiger partial charge is 0.369 e. The summed E-state index contributed by atoms with van der Waals surface area (Å²) in [5.74, 6) is 0.709. The molecule has 1 heterocycles. The van der Waals surface area contributed by atoms with E-state index in [1.54, 1.807) is 0 Å². The number of anilines is 1. The molecule has 2 fully saturated rings. The molecule has 0 aromatic heterocycles. The highest BCUT2D eigenvalue weighted by molar-refractivity contribution is 5.85. The van der Waals surface area contributed by atoms with E-state index in [0.29, 0.717) is 18.9 Å². The Kier molecular flexibility index (Phi) is 9.35. The van der Waals surface area contributed by atoms with Crippen LogP contribution in [0.3, 0.4) is 0 Å². The number of hydrogen-bond donors (Lipinski definition) is 2. The van der Waals surface area contributed by atoms with E-state index in [1.807, 2.05) is 0 Å². The lowest BCUT2D eigenvalue weighted by Gasteiger charge is -2.36. The van der Waals surface area contributed by atoms with E-state index in [2.05, 4.69) is 53.2 Å². The third kappa shape index (κ3) is 6.53. The second-order valence-electron chi connectivity index (χ2n) is 7.86. The standard InChI is InChI=1S/C20H32N4O.2ClH/c1-16-4-3-5-18(14-16)24-12-10-23(11-13-24)9-8-19(25)22-20(2,15-21)17-6-7-17;;/h3-5,14,17H,6-13,15,21H2,1-2H3,(H,22,25);2*1H. The van der Waals surface area contributed by atoms with E-state index < -0.39 is 0 Å². The van der Waals surface area contributed by atoms with Crippen LogP contribution in [0.15, 0.2) is 24.3 Å². The van der Waals surface area contributed by atoms with E-state index in [0.717, 1.165) is 32.7 Å². The van der Waals surface area contributed by atoms with Crippen LogP contribution in [0.25, 0.3) is 0 Å². The van der Waals surface area contributed by atoms with Gasteiger partial charge < -0.3 is 16.0 Å².